The van der Waals surface area contributed by atoms with Crippen LogP contribution in [0.2, 0.25) is 0 Å². The molecule has 2 aromatic rings. The summed E-state index contributed by atoms with van der Waals surface area (Å²) in [6.45, 7) is 6.70. The molecule has 1 aliphatic rings. The molecule has 0 saturated carbocycles. The first-order valence-corrected chi connectivity index (χ1v) is 8.53. The Kier molecular flexibility index (Phi) is 4.31. The van der Waals surface area contributed by atoms with Crippen molar-refractivity contribution in [2.24, 2.45) is 11.7 Å². The van der Waals surface area contributed by atoms with Crippen LogP contribution >= 0.6 is 11.3 Å². The highest BCUT2D eigenvalue weighted by molar-refractivity contribution is 7.22. The van der Waals surface area contributed by atoms with Gasteiger partial charge in [-0.3, -0.25) is 4.79 Å². The van der Waals surface area contributed by atoms with Crippen LogP contribution in [0, 0.1) is 5.92 Å². The molecule has 1 aromatic heterocycles. The first-order chi connectivity index (χ1) is 10.6. The molecule has 0 spiro atoms. The number of hydrogen-bond donors (Lipinski definition) is 1. The zero-order valence-corrected chi connectivity index (χ0v) is 13.9. The molecule has 1 aliphatic heterocycles. The summed E-state index contributed by atoms with van der Waals surface area (Å²) in [6.07, 6.45) is 1.25. The molecule has 1 unspecified atom stereocenters. The lowest BCUT2D eigenvalue weighted by Crippen LogP contribution is -2.28. The van der Waals surface area contributed by atoms with E-state index in [9.17, 15) is 4.79 Å². The van der Waals surface area contributed by atoms with E-state index in [1.807, 2.05) is 12.1 Å². The molecular weight excluding hydrogens is 296 g/mol. The number of carbonyl (C=O) groups is 1. The van der Waals surface area contributed by atoms with Crippen LogP contribution in [-0.4, -0.2) is 49.0 Å². The smallest absolute Gasteiger partial charge is 0.250 e. The average molecular weight is 318 g/mol. The second-order valence-corrected chi connectivity index (χ2v) is 6.95. The molecule has 2 heterocycles. The first-order valence-electron chi connectivity index (χ1n) is 7.71. The number of aromatic nitrogens is 1. The monoisotopic (exact) mass is 318 g/mol. The van der Waals surface area contributed by atoms with E-state index in [1.54, 1.807) is 17.4 Å². The number of thiazole rings is 1. The SMILES string of the molecule is CCN1CCC(CN(C)c2nc3c(C(N)=O)cccc3s2)C1. The van der Waals surface area contributed by atoms with Crippen molar-refractivity contribution in [3.63, 3.8) is 0 Å². The number of para-hydroxylation sites is 1. The van der Waals surface area contributed by atoms with Crippen molar-refractivity contribution in [1.82, 2.24) is 9.88 Å². The van der Waals surface area contributed by atoms with Gasteiger partial charge in [-0.25, -0.2) is 4.98 Å². The maximum absolute atomic E-state index is 11.5. The molecule has 3 rings (SSSR count). The van der Waals surface area contributed by atoms with Crippen molar-refractivity contribution in [2.45, 2.75) is 13.3 Å². The standard InChI is InChI=1S/C16H22N4OS/c1-3-20-8-7-11(10-20)9-19(2)16-18-14-12(15(17)21)5-4-6-13(14)22-16/h4-6,11H,3,7-10H2,1-2H3,(H2,17,21). The van der Waals surface area contributed by atoms with Gasteiger partial charge in [0.05, 0.1) is 15.8 Å². The summed E-state index contributed by atoms with van der Waals surface area (Å²) < 4.78 is 1.01. The lowest BCUT2D eigenvalue weighted by atomic mass is 10.1. The van der Waals surface area contributed by atoms with E-state index in [0.717, 1.165) is 35.0 Å². The summed E-state index contributed by atoms with van der Waals surface area (Å²) in [7, 11) is 2.08. The number of benzene rings is 1. The van der Waals surface area contributed by atoms with Crippen LogP contribution in [0.25, 0.3) is 10.2 Å². The fraction of sp³-hybridized carbons (Fsp3) is 0.500. The number of nitrogens with two attached hydrogens (primary N) is 1. The molecule has 1 aromatic carbocycles. The number of amides is 1. The number of nitrogens with zero attached hydrogens (tertiary/aromatic N) is 3. The molecule has 118 valence electrons. The van der Waals surface area contributed by atoms with Crippen molar-refractivity contribution < 1.29 is 4.79 Å². The van der Waals surface area contributed by atoms with Crippen LogP contribution in [0.3, 0.4) is 0 Å². The number of likely N-dealkylation sites (tertiary alicyclic amines) is 1. The third-order valence-electron chi connectivity index (χ3n) is 4.35. The number of anilines is 1. The summed E-state index contributed by atoms with van der Waals surface area (Å²) in [4.78, 5) is 20.9. The van der Waals surface area contributed by atoms with Gasteiger partial charge < -0.3 is 15.5 Å². The predicted molar refractivity (Wildman–Crippen MR) is 91.6 cm³/mol. The van der Waals surface area contributed by atoms with E-state index in [4.69, 9.17) is 5.73 Å². The topological polar surface area (TPSA) is 62.5 Å². The maximum Gasteiger partial charge on any atom is 0.250 e. The minimum absolute atomic E-state index is 0.417. The Balaban J connectivity index is 1.78. The molecule has 1 atom stereocenters. The Morgan fingerprint density at radius 1 is 1.55 bits per heavy atom. The molecule has 6 heteroatoms. The van der Waals surface area contributed by atoms with Gasteiger partial charge >= 0.3 is 0 Å². The quantitative estimate of drug-likeness (QED) is 0.918. The van der Waals surface area contributed by atoms with Gasteiger partial charge in [0.15, 0.2) is 5.13 Å². The van der Waals surface area contributed by atoms with E-state index in [1.165, 1.54) is 13.0 Å². The van der Waals surface area contributed by atoms with Gasteiger partial charge in [0.1, 0.15) is 0 Å². The third-order valence-corrected chi connectivity index (χ3v) is 5.48. The van der Waals surface area contributed by atoms with Gasteiger partial charge in [0.2, 0.25) is 0 Å². The summed E-state index contributed by atoms with van der Waals surface area (Å²) in [6, 6.07) is 5.59. The van der Waals surface area contributed by atoms with Crippen LogP contribution in [0.4, 0.5) is 5.13 Å². The Hall–Kier alpha value is -1.66. The van der Waals surface area contributed by atoms with Gasteiger partial charge in [-0.05, 0) is 37.6 Å². The highest BCUT2D eigenvalue weighted by Gasteiger charge is 2.23. The lowest BCUT2D eigenvalue weighted by molar-refractivity contribution is 0.100. The van der Waals surface area contributed by atoms with Gasteiger partial charge in [0, 0.05) is 20.1 Å². The summed E-state index contributed by atoms with van der Waals surface area (Å²) in [5, 5.41) is 0.957. The van der Waals surface area contributed by atoms with Gasteiger partial charge in [0.25, 0.3) is 5.91 Å². The van der Waals surface area contributed by atoms with E-state index in [-0.39, 0.29) is 0 Å². The number of primary amides is 1. The van der Waals surface area contributed by atoms with Crippen molar-refractivity contribution in [3.8, 4) is 0 Å². The van der Waals surface area contributed by atoms with Crippen molar-refractivity contribution in [3.05, 3.63) is 23.8 Å². The molecule has 2 N–H and O–H groups in total. The highest BCUT2D eigenvalue weighted by Crippen LogP contribution is 2.31. The first kappa shape index (κ1) is 15.2. The van der Waals surface area contributed by atoms with Gasteiger partial charge in [-0.1, -0.05) is 24.3 Å². The second kappa shape index (κ2) is 6.22. The van der Waals surface area contributed by atoms with Crippen LogP contribution in [0.1, 0.15) is 23.7 Å². The van der Waals surface area contributed by atoms with Crippen molar-refractivity contribution in [2.75, 3.05) is 38.1 Å². The Bertz CT molecular complexity index is 684. The van der Waals surface area contributed by atoms with Crippen LogP contribution in [0.15, 0.2) is 18.2 Å². The zero-order valence-electron chi connectivity index (χ0n) is 13.1. The average Bonchev–Trinajstić information content (AvgIpc) is 3.12. The number of carbonyl (C=O) groups excluding carboxylic acids is 1. The Morgan fingerprint density at radius 2 is 2.36 bits per heavy atom. The summed E-state index contributed by atoms with van der Waals surface area (Å²) in [5.41, 5.74) is 6.67. The third kappa shape index (κ3) is 2.94. The molecule has 1 fully saturated rings. The molecule has 0 radical (unpaired) electrons. The highest BCUT2D eigenvalue weighted by atomic mass is 32.1. The summed E-state index contributed by atoms with van der Waals surface area (Å²) in [5.74, 6) is 0.270. The minimum Gasteiger partial charge on any atom is -0.366 e. The van der Waals surface area contributed by atoms with Gasteiger partial charge in [-0.15, -0.1) is 0 Å². The van der Waals surface area contributed by atoms with Crippen LogP contribution in [0.5, 0.6) is 0 Å². The minimum atomic E-state index is -0.417. The van der Waals surface area contributed by atoms with Crippen LogP contribution < -0.4 is 10.6 Å². The molecule has 0 bridgehead atoms. The molecule has 22 heavy (non-hydrogen) atoms. The van der Waals surface area contributed by atoms with E-state index < -0.39 is 5.91 Å². The number of rotatable bonds is 5. The second-order valence-electron chi connectivity index (χ2n) is 5.94. The van der Waals surface area contributed by atoms with Crippen molar-refractivity contribution >= 4 is 32.6 Å². The summed E-state index contributed by atoms with van der Waals surface area (Å²) >= 11 is 1.62. The number of hydrogen-bond acceptors (Lipinski definition) is 5. The fourth-order valence-corrected chi connectivity index (χ4v) is 4.08. The normalized spacial score (nSPS) is 18.9. The largest absolute Gasteiger partial charge is 0.366 e. The predicted octanol–water partition coefficient (Wildman–Crippen LogP) is 2.17. The van der Waals surface area contributed by atoms with E-state index in [0.29, 0.717) is 11.5 Å². The zero-order chi connectivity index (χ0) is 15.7. The van der Waals surface area contributed by atoms with Gasteiger partial charge in [-0.2, -0.15) is 0 Å². The molecular formula is C16H22N4OS. The number of fused-ring (bicyclic) bond motifs is 1. The Morgan fingerprint density at radius 3 is 3.05 bits per heavy atom. The molecule has 5 nitrogen and oxygen atoms in total. The van der Waals surface area contributed by atoms with Crippen molar-refractivity contribution in [1.29, 1.82) is 0 Å². The van der Waals surface area contributed by atoms with Crippen LogP contribution in [-0.2, 0) is 0 Å². The molecule has 1 saturated heterocycles. The lowest BCUT2D eigenvalue weighted by Gasteiger charge is -2.20. The maximum atomic E-state index is 11.5. The van der Waals surface area contributed by atoms with E-state index >= 15 is 0 Å². The molecule has 1 amide bonds. The van der Waals surface area contributed by atoms with E-state index in [2.05, 4.69) is 28.8 Å². The molecule has 0 aliphatic carbocycles. The Labute approximate surface area is 134 Å². The fourth-order valence-electron chi connectivity index (χ4n) is 3.11.